The van der Waals surface area contributed by atoms with Crippen LogP contribution in [0, 0.1) is 0 Å². The van der Waals surface area contributed by atoms with Gasteiger partial charge >= 0.3 is 0 Å². The smallest absolute Gasteiger partial charge is 0.255 e. The molecule has 7 nitrogen and oxygen atoms in total. The molecule has 0 bridgehead atoms. The van der Waals surface area contributed by atoms with Gasteiger partial charge in [-0.05, 0) is 60.5 Å². The molecule has 0 spiro atoms. The number of nitrogens with zero attached hydrogens (tertiary/aromatic N) is 2. The van der Waals surface area contributed by atoms with Crippen LogP contribution in [0.15, 0.2) is 66.9 Å². The molecule has 0 aliphatic carbocycles. The van der Waals surface area contributed by atoms with E-state index in [0.29, 0.717) is 36.3 Å². The van der Waals surface area contributed by atoms with Gasteiger partial charge in [0.15, 0.2) is 0 Å². The van der Waals surface area contributed by atoms with Crippen molar-refractivity contribution in [3.8, 4) is 0 Å². The molecule has 7 heteroatoms. The molecule has 1 aliphatic heterocycles. The van der Waals surface area contributed by atoms with E-state index in [4.69, 9.17) is 0 Å². The van der Waals surface area contributed by atoms with Gasteiger partial charge < -0.3 is 15.5 Å². The van der Waals surface area contributed by atoms with Crippen LogP contribution in [0.25, 0.3) is 0 Å². The van der Waals surface area contributed by atoms with Crippen LogP contribution >= 0.6 is 0 Å². The molecular weight excluding hydrogens is 404 g/mol. The Balaban J connectivity index is 1.42. The topological polar surface area (TPSA) is 91.4 Å². The summed E-state index contributed by atoms with van der Waals surface area (Å²) >= 11 is 0. The minimum absolute atomic E-state index is 0.0825. The van der Waals surface area contributed by atoms with Crippen molar-refractivity contribution in [1.29, 1.82) is 0 Å². The minimum Gasteiger partial charge on any atom is -0.346 e. The Morgan fingerprint density at radius 3 is 2.59 bits per heavy atom. The quantitative estimate of drug-likeness (QED) is 0.628. The van der Waals surface area contributed by atoms with Gasteiger partial charge in [0.05, 0.1) is 12.2 Å². The molecule has 0 saturated carbocycles. The van der Waals surface area contributed by atoms with Gasteiger partial charge in [-0.1, -0.05) is 19.1 Å². The number of hydrogen-bond donors (Lipinski definition) is 2. The highest BCUT2D eigenvalue weighted by Crippen LogP contribution is 2.29. The highest BCUT2D eigenvalue weighted by atomic mass is 16.2. The number of benzene rings is 2. The summed E-state index contributed by atoms with van der Waals surface area (Å²) in [6.07, 6.45) is 2.86. The van der Waals surface area contributed by atoms with Gasteiger partial charge in [-0.2, -0.15) is 0 Å². The molecule has 0 radical (unpaired) electrons. The van der Waals surface area contributed by atoms with Crippen LogP contribution in [0.2, 0.25) is 0 Å². The minimum atomic E-state index is -0.265. The number of rotatable bonds is 6. The maximum Gasteiger partial charge on any atom is 0.255 e. The Labute approximate surface area is 186 Å². The van der Waals surface area contributed by atoms with Crippen LogP contribution in [0.4, 0.5) is 11.4 Å². The lowest BCUT2D eigenvalue weighted by Crippen LogP contribution is -2.27. The molecule has 0 saturated heterocycles. The van der Waals surface area contributed by atoms with Gasteiger partial charge in [0.2, 0.25) is 5.91 Å². The molecule has 0 unspecified atom stereocenters. The van der Waals surface area contributed by atoms with E-state index in [1.54, 1.807) is 41.4 Å². The van der Waals surface area contributed by atoms with Crippen LogP contribution in [-0.4, -0.2) is 29.3 Å². The van der Waals surface area contributed by atoms with Crippen molar-refractivity contribution in [3.63, 3.8) is 0 Å². The number of anilines is 2. The highest BCUT2D eigenvalue weighted by Gasteiger charge is 2.24. The summed E-state index contributed by atoms with van der Waals surface area (Å²) in [6.45, 7) is 2.81. The second-order valence-electron chi connectivity index (χ2n) is 7.53. The fourth-order valence-electron chi connectivity index (χ4n) is 3.71. The number of amides is 3. The average molecular weight is 428 g/mol. The molecule has 1 aromatic heterocycles. The molecule has 1 aliphatic rings. The number of carbonyl (C=O) groups is 3. The summed E-state index contributed by atoms with van der Waals surface area (Å²) in [5, 5.41) is 5.68. The van der Waals surface area contributed by atoms with Gasteiger partial charge in [-0.15, -0.1) is 0 Å². The average Bonchev–Trinajstić information content (AvgIpc) is 3.26. The Kier molecular flexibility index (Phi) is 6.26. The second-order valence-corrected chi connectivity index (χ2v) is 7.53. The van der Waals surface area contributed by atoms with Crippen molar-refractivity contribution in [2.75, 3.05) is 16.8 Å². The third-order valence-corrected chi connectivity index (χ3v) is 5.38. The lowest BCUT2D eigenvalue weighted by molar-refractivity contribution is -0.118. The van der Waals surface area contributed by atoms with Gasteiger partial charge in [-0.3, -0.25) is 19.4 Å². The molecule has 32 heavy (non-hydrogen) atoms. The van der Waals surface area contributed by atoms with Crippen molar-refractivity contribution in [1.82, 2.24) is 10.3 Å². The molecule has 3 amide bonds. The van der Waals surface area contributed by atoms with Crippen LogP contribution in [0.1, 0.15) is 45.3 Å². The van der Waals surface area contributed by atoms with E-state index in [-0.39, 0.29) is 17.7 Å². The first-order valence-electron chi connectivity index (χ1n) is 10.6. The van der Waals surface area contributed by atoms with Crippen LogP contribution in [-0.2, 0) is 17.8 Å². The maximum atomic E-state index is 12.8. The van der Waals surface area contributed by atoms with Gasteiger partial charge in [0.25, 0.3) is 11.8 Å². The molecule has 2 aromatic carbocycles. The third kappa shape index (κ3) is 4.67. The number of nitrogens with one attached hydrogen (secondary N) is 2. The molecule has 162 valence electrons. The number of hydrogen-bond acceptors (Lipinski definition) is 4. The number of carbonyl (C=O) groups excluding carboxylic acids is 3. The first kappa shape index (κ1) is 21.2. The first-order chi connectivity index (χ1) is 15.5. The summed E-state index contributed by atoms with van der Waals surface area (Å²) in [6, 6.07) is 17.7. The van der Waals surface area contributed by atoms with E-state index in [1.807, 2.05) is 37.3 Å². The predicted octanol–water partition coefficient (Wildman–Crippen LogP) is 3.56. The number of fused-ring (bicyclic) bond motifs is 1. The summed E-state index contributed by atoms with van der Waals surface area (Å²) in [7, 11) is 0. The zero-order valence-corrected chi connectivity index (χ0v) is 17.8. The highest BCUT2D eigenvalue weighted by molar-refractivity contribution is 6.06. The first-order valence-corrected chi connectivity index (χ1v) is 10.6. The third-order valence-electron chi connectivity index (χ3n) is 5.38. The fourth-order valence-corrected chi connectivity index (χ4v) is 3.71. The molecule has 0 atom stereocenters. The fraction of sp³-hybridized carbons (Fsp3) is 0.200. The van der Waals surface area contributed by atoms with Crippen molar-refractivity contribution in [3.05, 3.63) is 89.2 Å². The zero-order valence-electron chi connectivity index (χ0n) is 17.8. The summed E-state index contributed by atoms with van der Waals surface area (Å²) in [5.41, 5.74) is 4.12. The van der Waals surface area contributed by atoms with E-state index in [0.717, 1.165) is 23.4 Å². The Morgan fingerprint density at radius 1 is 0.969 bits per heavy atom. The lowest BCUT2D eigenvalue weighted by atomic mass is 10.1. The van der Waals surface area contributed by atoms with Gasteiger partial charge in [0.1, 0.15) is 0 Å². The zero-order chi connectivity index (χ0) is 22.5. The van der Waals surface area contributed by atoms with Gasteiger partial charge in [-0.25, -0.2) is 0 Å². The van der Waals surface area contributed by atoms with Crippen molar-refractivity contribution in [2.24, 2.45) is 0 Å². The van der Waals surface area contributed by atoms with Crippen molar-refractivity contribution in [2.45, 2.75) is 26.3 Å². The Bertz CT molecular complexity index is 1160. The molecule has 3 aromatic rings. The normalized spacial score (nSPS) is 12.2. The second kappa shape index (κ2) is 9.43. The monoisotopic (exact) mass is 428 g/mol. The van der Waals surface area contributed by atoms with Crippen LogP contribution < -0.4 is 15.5 Å². The van der Waals surface area contributed by atoms with Crippen molar-refractivity contribution >= 4 is 29.1 Å². The summed E-state index contributed by atoms with van der Waals surface area (Å²) in [5.74, 6) is -0.428. The molecule has 2 N–H and O–H groups in total. The summed E-state index contributed by atoms with van der Waals surface area (Å²) in [4.78, 5) is 43.3. The van der Waals surface area contributed by atoms with E-state index in [1.165, 1.54) is 0 Å². The van der Waals surface area contributed by atoms with Gasteiger partial charge in [0, 0.05) is 41.7 Å². The van der Waals surface area contributed by atoms with E-state index < -0.39 is 0 Å². The number of aromatic nitrogens is 1. The molecule has 2 heterocycles. The number of pyridine rings is 1. The summed E-state index contributed by atoms with van der Waals surface area (Å²) < 4.78 is 0. The Morgan fingerprint density at radius 2 is 1.81 bits per heavy atom. The maximum absolute atomic E-state index is 12.8. The largest absolute Gasteiger partial charge is 0.346 e. The molecular formula is C25H24N4O3. The molecule has 4 rings (SSSR count). The Hall–Kier alpha value is -4.00. The standard InChI is InChI=1S/C25H24N4O3/c1-2-23(30)29-13-11-17-14-19(9-10-22(17)29)25(32)28-20-8-5-6-18(15-20)24(31)27-16-21-7-3-4-12-26-21/h3-10,12,14-15H,2,11,13,16H2,1H3,(H,27,31)(H,28,32). The van der Waals surface area contributed by atoms with Crippen LogP contribution in [0.3, 0.4) is 0 Å². The lowest BCUT2D eigenvalue weighted by Gasteiger charge is -2.16. The van der Waals surface area contributed by atoms with E-state index in [9.17, 15) is 14.4 Å². The van der Waals surface area contributed by atoms with Crippen molar-refractivity contribution < 1.29 is 14.4 Å². The van der Waals surface area contributed by atoms with E-state index in [2.05, 4.69) is 15.6 Å². The molecule has 0 fully saturated rings. The van der Waals surface area contributed by atoms with E-state index >= 15 is 0 Å². The van der Waals surface area contributed by atoms with Crippen LogP contribution in [0.5, 0.6) is 0 Å². The SMILES string of the molecule is CCC(=O)N1CCc2cc(C(=O)Nc3cccc(C(=O)NCc4ccccn4)c3)ccc21. The predicted molar refractivity (Wildman–Crippen MR) is 123 cm³/mol.